The van der Waals surface area contributed by atoms with Gasteiger partial charge in [0.15, 0.2) is 0 Å². The first-order valence-electron chi connectivity index (χ1n) is 3.57. The molecule has 0 unspecified atom stereocenters. The Morgan fingerprint density at radius 2 is 1.80 bits per heavy atom. The van der Waals surface area contributed by atoms with E-state index in [0.29, 0.717) is 0 Å². The lowest BCUT2D eigenvalue weighted by Crippen LogP contribution is -2.44. The summed E-state index contributed by atoms with van der Waals surface area (Å²) >= 11 is 3.55. The molecule has 0 aromatic carbocycles. The molecule has 2 nitrogen and oxygen atoms in total. The third-order valence-electron chi connectivity index (χ3n) is 1.98. The van der Waals surface area contributed by atoms with Gasteiger partial charge in [-0.3, -0.25) is 5.32 Å². The zero-order chi connectivity index (χ0) is 7.99. The Morgan fingerprint density at radius 3 is 1.90 bits per heavy atom. The molecule has 1 saturated heterocycles. The monoisotopic (exact) mass is 206 g/mol. The number of rotatable bonds is 0. The lowest BCUT2D eigenvalue weighted by Gasteiger charge is -2.32. The molecule has 0 aromatic rings. The van der Waals surface area contributed by atoms with Crippen LogP contribution < -0.4 is 5.32 Å². The molecule has 60 valence electrons. The molecule has 0 aliphatic carbocycles. The fraction of sp³-hybridized carbons (Fsp3) is 1.00. The first-order valence-corrected chi connectivity index (χ1v) is 4.28. The fourth-order valence-corrected chi connectivity index (χ4v) is 1.58. The highest BCUT2D eigenvalue weighted by Gasteiger charge is 2.42. The third kappa shape index (κ3) is 1.22. The molecule has 1 rings (SSSR count). The van der Waals surface area contributed by atoms with E-state index in [-0.39, 0.29) is 11.2 Å². The number of hydrogen-bond donors (Lipinski definition) is 1. The van der Waals surface area contributed by atoms with E-state index in [0.717, 1.165) is 6.54 Å². The molecular formula is C7H15BrN2. The van der Waals surface area contributed by atoms with Crippen molar-refractivity contribution in [1.29, 1.82) is 0 Å². The van der Waals surface area contributed by atoms with Gasteiger partial charge in [-0.1, -0.05) is 0 Å². The van der Waals surface area contributed by atoms with Crippen molar-refractivity contribution in [3.8, 4) is 0 Å². The maximum Gasteiger partial charge on any atom is 0.0762 e. The first-order chi connectivity index (χ1) is 4.36. The summed E-state index contributed by atoms with van der Waals surface area (Å²) in [5, 5.41) is 3.41. The molecule has 0 aromatic heterocycles. The normalized spacial score (nSPS) is 30.9. The molecule has 0 saturated carbocycles. The maximum absolute atomic E-state index is 3.55. The van der Waals surface area contributed by atoms with E-state index in [1.807, 2.05) is 0 Å². The van der Waals surface area contributed by atoms with Gasteiger partial charge < -0.3 is 0 Å². The average Bonchev–Trinajstić information content (AvgIpc) is 1.95. The quantitative estimate of drug-likeness (QED) is 0.608. The van der Waals surface area contributed by atoms with Crippen LogP contribution in [0.5, 0.6) is 0 Å². The highest BCUT2D eigenvalue weighted by atomic mass is 79.9. The third-order valence-corrected chi connectivity index (χ3v) is 3.82. The highest BCUT2D eigenvalue weighted by Crippen LogP contribution is 2.32. The molecule has 0 amide bonds. The molecule has 1 aliphatic rings. The molecule has 1 N–H and O–H groups in total. The van der Waals surface area contributed by atoms with E-state index in [9.17, 15) is 0 Å². The second kappa shape index (κ2) is 2.19. The van der Waals surface area contributed by atoms with Crippen LogP contribution in [0.3, 0.4) is 0 Å². The van der Waals surface area contributed by atoms with Crippen molar-refractivity contribution in [3.05, 3.63) is 0 Å². The summed E-state index contributed by atoms with van der Waals surface area (Å²) in [6.07, 6.45) is 0. The largest absolute Gasteiger partial charge is 0.297 e. The van der Waals surface area contributed by atoms with Crippen LogP contribution in [0.4, 0.5) is 0 Å². The van der Waals surface area contributed by atoms with Gasteiger partial charge in [-0.25, -0.2) is 3.93 Å². The van der Waals surface area contributed by atoms with E-state index in [2.05, 4.69) is 53.1 Å². The second-order valence-corrected chi connectivity index (χ2v) is 4.72. The van der Waals surface area contributed by atoms with E-state index in [4.69, 9.17) is 0 Å². The summed E-state index contributed by atoms with van der Waals surface area (Å²) in [5.74, 6) is 0. The van der Waals surface area contributed by atoms with Gasteiger partial charge in [-0.15, -0.1) is 0 Å². The van der Waals surface area contributed by atoms with E-state index in [1.54, 1.807) is 0 Å². The molecular weight excluding hydrogens is 192 g/mol. The van der Waals surface area contributed by atoms with E-state index >= 15 is 0 Å². The smallest absolute Gasteiger partial charge is 0.0762 e. The van der Waals surface area contributed by atoms with Gasteiger partial charge >= 0.3 is 0 Å². The number of nitrogens with one attached hydrogen (secondary N) is 1. The van der Waals surface area contributed by atoms with Gasteiger partial charge in [0, 0.05) is 28.2 Å². The van der Waals surface area contributed by atoms with Gasteiger partial charge in [0.25, 0.3) is 0 Å². The van der Waals surface area contributed by atoms with Gasteiger partial charge in [0.1, 0.15) is 0 Å². The highest BCUT2D eigenvalue weighted by molar-refractivity contribution is 9.07. The van der Waals surface area contributed by atoms with Crippen LogP contribution in [-0.2, 0) is 0 Å². The van der Waals surface area contributed by atoms with Crippen LogP contribution in [0.25, 0.3) is 0 Å². The van der Waals surface area contributed by atoms with Crippen LogP contribution in [0.1, 0.15) is 27.7 Å². The van der Waals surface area contributed by atoms with Gasteiger partial charge in [-0.05, 0) is 27.7 Å². The standard InChI is InChI=1S/C7H15BrN2/c1-6(2)5-9-7(3,4)10(6)8/h9H,5H2,1-4H3. The second-order valence-electron chi connectivity index (χ2n) is 4.01. The predicted molar refractivity (Wildman–Crippen MR) is 46.9 cm³/mol. The average molecular weight is 207 g/mol. The Hall–Kier alpha value is 0.400. The van der Waals surface area contributed by atoms with E-state index in [1.165, 1.54) is 0 Å². The molecule has 0 bridgehead atoms. The Balaban J connectivity index is 2.77. The van der Waals surface area contributed by atoms with Gasteiger partial charge in [0.05, 0.1) is 5.66 Å². The fourth-order valence-electron chi connectivity index (χ4n) is 1.33. The predicted octanol–water partition coefficient (Wildman–Crippen LogP) is 1.72. The van der Waals surface area contributed by atoms with Crippen molar-refractivity contribution in [1.82, 2.24) is 9.24 Å². The van der Waals surface area contributed by atoms with Crippen molar-refractivity contribution in [2.24, 2.45) is 0 Å². The molecule has 1 fully saturated rings. The molecule has 3 heteroatoms. The lowest BCUT2D eigenvalue weighted by molar-refractivity contribution is 0.215. The molecule has 0 atom stereocenters. The summed E-state index contributed by atoms with van der Waals surface area (Å²) in [5.41, 5.74) is 0.312. The van der Waals surface area contributed by atoms with Crippen LogP contribution >= 0.6 is 16.1 Å². The maximum atomic E-state index is 3.55. The SMILES string of the molecule is CC1(C)CNC(C)(C)N1Br. The molecule has 1 aliphatic heterocycles. The van der Waals surface area contributed by atoms with Gasteiger partial charge in [0.2, 0.25) is 0 Å². The minimum absolute atomic E-state index is 0.0868. The Kier molecular flexibility index (Phi) is 1.86. The van der Waals surface area contributed by atoms with Crippen molar-refractivity contribution >= 4 is 16.1 Å². The molecule has 1 heterocycles. The minimum atomic E-state index is 0.0868. The summed E-state index contributed by atoms with van der Waals surface area (Å²) in [6.45, 7) is 9.78. The Labute approximate surface area is 71.3 Å². The molecule has 0 spiro atoms. The summed E-state index contributed by atoms with van der Waals surface area (Å²) in [7, 11) is 0. The van der Waals surface area contributed by atoms with Crippen LogP contribution in [0.2, 0.25) is 0 Å². The van der Waals surface area contributed by atoms with Crippen molar-refractivity contribution in [2.75, 3.05) is 6.54 Å². The van der Waals surface area contributed by atoms with Crippen LogP contribution in [-0.4, -0.2) is 21.7 Å². The van der Waals surface area contributed by atoms with Gasteiger partial charge in [-0.2, -0.15) is 0 Å². The van der Waals surface area contributed by atoms with Crippen molar-refractivity contribution in [3.63, 3.8) is 0 Å². The van der Waals surface area contributed by atoms with E-state index < -0.39 is 0 Å². The zero-order valence-corrected chi connectivity index (χ0v) is 8.62. The minimum Gasteiger partial charge on any atom is -0.297 e. The Bertz CT molecular complexity index is 127. The van der Waals surface area contributed by atoms with Crippen molar-refractivity contribution in [2.45, 2.75) is 38.9 Å². The summed E-state index contributed by atoms with van der Waals surface area (Å²) in [6, 6.07) is 0. The number of nitrogens with zero attached hydrogens (tertiary/aromatic N) is 1. The topological polar surface area (TPSA) is 15.3 Å². The Morgan fingerprint density at radius 1 is 1.30 bits per heavy atom. The number of hydrogen-bond acceptors (Lipinski definition) is 2. The van der Waals surface area contributed by atoms with Crippen LogP contribution in [0.15, 0.2) is 0 Å². The van der Waals surface area contributed by atoms with Crippen molar-refractivity contribution < 1.29 is 0 Å². The zero-order valence-electron chi connectivity index (χ0n) is 7.03. The summed E-state index contributed by atoms with van der Waals surface area (Å²) < 4.78 is 2.19. The van der Waals surface area contributed by atoms with Crippen LogP contribution in [0, 0.1) is 0 Å². The lowest BCUT2D eigenvalue weighted by atomic mass is 10.1. The summed E-state index contributed by atoms with van der Waals surface area (Å²) in [4.78, 5) is 0. The molecule has 10 heavy (non-hydrogen) atoms. The first kappa shape index (κ1) is 8.50. The molecule has 0 radical (unpaired) electrons. The number of halogens is 1.